The van der Waals surface area contributed by atoms with Crippen LogP contribution < -0.4 is 19.5 Å². The first-order valence-electron chi connectivity index (χ1n) is 9.72. The highest BCUT2D eigenvalue weighted by molar-refractivity contribution is 6.30. The van der Waals surface area contributed by atoms with Crippen LogP contribution in [-0.4, -0.2) is 32.9 Å². The molecule has 3 aromatic rings. The Morgan fingerprint density at radius 3 is 2.56 bits per heavy atom. The van der Waals surface area contributed by atoms with E-state index in [-0.39, 0.29) is 12.5 Å². The van der Waals surface area contributed by atoms with Gasteiger partial charge in [0.15, 0.2) is 18.1 Å². The number of methoxy groups -OCH3 is 2. The highest BCUT2D eigenvalue weighted by Crippen LogP contribution is 2.28. The SMILES string of the molecule is COc1cccc(NC(=O)CO/N=C/c2ccc(OCc3ccc(Cl)cc3)c(OC)c2)c1. The Labute approximate surface area is 191 Å². The lowest BCUT2D eigenvalue weighted by molar-refractivity contribution is -0.120. The molecule has 0 saturated heterocycles. The highest BCUT2D eigenvalue weighted by Gasteiger charge is 2.07. The predicted octanol–water partition coefficient (Wildman–Crippen LogP) is 4.93. The number of amides is 1. The number of rotatable bonds is 10. The van der Waals surface area contributed by atoms with E-state index in [1.54, 1.807) is 50.6 Å². The number of benzene rings is 3. The maximum absolute atomic E-state index is 12.0. The van der Waals surface area contributed by atoms with E-state index in [1.165, 1.54) is 6.21 Å². The minimum atomic E-state index is -0.334. The molecule has 0 heterocycles. The minimum Gasteiger partial charge on any atom is -0.497 e. The van der Waals surface area contributed by atoms with Crippen molar-refractivity contribution in [3.8, 4) is 17.2 Å². The Hall–Kier alpha value is -3.71. The molecule has 1 amide bonds. The smallest absolute Gasteiger partial charge is 0.265 e. The van der Waals surface area contributed by atoms with Crippen molar-refractivity contribution in [1.82, 2.24) is 0 Å². The first-order chi connectivity index (χ1) is 15.6. The highest BCUT2D eigenvalue weighted by atomic mass is 35.5. The number of ether oxygens (including phenoxy) is 3. The van der Waals surface area contributed by atoms with Crippen molar-refractivity contribution in [3.63, 3.8) is 0 Å². The predicted molar refractivity (Wildman–Crippen MR) is 124 cm³/mol. The molecule has 0 aliphatic rings. The van der Waals surface area contributed by atoms with Gasteiger partial charge < -0.3 is 24.4 Å². The molecule has 166 valence electrons. The van der Waals surface area contributed by atoms with E-state index in [0.717, 1.165) is 11.1 Å². The molecule has 32 heavy (non-hydrogen) atoms. The van der Waals surface area contributed by atoms with Crippen LogP contribution in [0.4, 0.5) is 5.69 Å². The Balaban J connectivity index is 1.50. The van der Waals surface area contributed by atoms with Gasteiger partial charge in [-0.05, 0) is 48.0 Å². The zero-order valence-corrected chi connectivity index (χ0v) is 18.5. The second-order valence-corrected chi connectivity index (χ2v) is 7.05. The molecule has 7 nitrogen and oxygen atoms in total. The molecule has 0 aromatic heterocycles. The van der Waals surface area contributed by atoms with Gasteiger partial charge in [-0.1, -0.05) is 35.0 Å². The summed E-state index contributed by atoms with van der Waals surface area (Å²) < 4.78 is 16.4. The standard InChI is InChI=1S/C24H23ClN2O5/c1-29-21-5-3-4-20(13-21)27-24(28)16-32-26-14-18-8-11-22(23(12-18)30-2)31-15-17-6-9-19(25)10-7-17/h3-14H,15-16H2,1-2H3,(H,27,28)/b26-14+. The van der Waals surface area contributed by atoms with Gasteiger partial charge in [-0.25, -0.2) is 0 Å². The van der Waals surface area contributed by atoms with Crippen LogP contribution in [-0.2, 0) is 16.2 Å². The second kappa shape index (κ2) is 11.6. The molecule has 1 N–H and O–H groups in total. The fourth-order valence-electron chi connectivity index (χ4n) is 2.72. The van der Waals surface area contributed by atoms with Crippen molar-refractivity contribution >= 4 is 29.4 Å². The molecule has 3 aromatic carbocycles. The third-order valence-corrected chi connectivity index (χ3v) is 4.57. The molecule has 0 atom stereocenters. The summed E-state index contributed by atoms with van der Waals surface area (Å²) in [5.74, 6) is 1.46. The molecular weight excluding hydrogens is 432 g/mol. The maximum atomic E-state index is 12.0. The van der Waals surface area contributed by atoms with Crippen LogP contribution in [0.3, 0.4) is 0 Å². The van der Waals surface area contributed by atoms with E-state index in [2.05, 4.69) is 10.5 Å². The van der Waals surface area contributed by atoms with Crippen molar-refractivity contribution in [2.45, 2.75) is 6.61 Å². The van der Waals surface area contributed by atoms with E-state index < -0.39 is 0 Å². The number of oxime groups is 1. The Morgan fingerprint density at radius 1 is 1.00 bits per heavy atom. The number of carbonyl (C=O) groups is 1. The van der Waals surface area contributed by atoms with Gasteiger partial charge in [0, 0.05) is 22.3 Å². The van der Waals surface area contributed by atoms with Gasteiger partial charge in [-0.15, -0.1) is 0 Å². The Morgan fingerprint density at radius 2 is 1.81 bits per heavy atom. The molecule has 3 rings (SSSR count). The van der Waals surface area contributed by atoms with Crippen LogP contribution >= 0.6 is 11.6 Å². The molecule has 0 fully saturated rings. The van der Waals surface area contributed by atoms with Crippen LogP contribution in [0, 0.1) is 0 Å². The monoisotopic (exact) mass is 454 g/mol. The largest absolute Gasteiger partial charge is 0.497 e. The summed E-state index contributed by atoms with van der Waals surface area (Å²) in [6.45, 7) is 0.152. The summed E-state index contributed by atoms with van der Waals surface area (Å²) >= 11 is 5.90. The average Bonchev–Trinajstić information content (AvgIpc) is 2.82. The fourth-order valence-corrected chi connectivity index (χ4v) is 2.84. The van der Waals surface area contributed by atoms with Crippen LogP contribution in [0.15, 0.2) is 71.9 Å². The summed E-state index contributed by atoms with van der Waals surface area (Å²) in [4.78, 5) is 17.1. The number of nitrogens with zero attached hydrogens (tertiary/aromatic N) is 1. The molecule has 0 radical (unpaired) electrons. The number of halogens is 1. The second-order valence-electron chi connectivity index (χ2n) is 6.61. The van der Waals surface area contributed by atoms with Crippen molar-refractivity contribution in [2.75, 3.05) is 26.1 Å². The molecule has 0 aliphatic heterocycles. The lowest BCUT2D eigenvalue weighted by Crippen LogP contribution is -2.16. The van der Waals surface area contributed by atoms with Gasteiger partial charge in [0.1, 0.15) is 12.4 Å². The lowest BCUT2D eigenvalue weighted by Gasteiger charge is -2.11. The number of hydrogen-bond donors (Lipinski definition) is 1. The quantitative estimate of drug-likeness (QED) is 0.347. The van der Waals surface area contributed by atoms with Crippen LogP contribution in [0.2, 0.25) is 5.02 Å². The van der Waals surface area contributed by atoms with E-state index in [0.29, 0.717) is 34.6 Å². The number of carbonyl (C=O) groups excluding carboxylic acids is 1. The summed E-state index contributed by atoms with van der Waals surface area (Å²) in [6.07, 6.45) is 1.49. The van der Waals surface area contributed by atoms with Gasteiger partial charge in [-0.2, -0.15) is 0 Å². The van der Waals surface area contributed by atoms with Crippen molar-refractivity contribution in [3.05, 3.63) is 82.9 Å². The first-order valence-corrected chi connectivity index (χ1v) is 10.1. The van der Waals surface area contributed by atoms with Crippen molar-refractivity contribution in [2.24, 2.45) is 5.16 Å². The zero-order valence-electron chi connectivity index (χ0n) is 17.7. The van der Waals surface area contributed by atoms with Crippen LogP contribution in [0.5, 0.6) is 17.2 Å². The third-order valence-electron chi connectivity index (χ3n) is 4.32. The van der Waals surface area contributed by atoms with E-state index in [9.17, 15) is 4.79 Å². The summed E-state index contributed by atoms with van der Waals surface area (Å²) in [5, 5.41) is 7.23. The molecule has 0 spiro atoms. The van der Waals surface area contributed by atoms with Gasteiger partial charge in [-0.3, -0.25) is 4.79 Å². The normalized spacial score (nSPS) is 10.6. The number of hydrogen-bond acceptors (Lipinski definition) is 6. The van der Waals surface area contributed by atoms with Gasteiger partial charge in [0.2, 0.25) is 0 Å². The van der Waals surface area contributed by atoms with E-state index in [4.69, 9.17) is 30.6 Å². The fraction of sp³-hybridized carbons (Fsp3) is 0.167. The summed E-state index contributed by atoms with van der Waals surface area (Å²) in [7, 11) is 3.12. The van der Waals surface area contributed by atoms with Gasteiger partial charge >= 0.3 is 0 Å². The first kappa shape index (κ1) is 23.0. The van der Waals surface area contributed by atoms with E-state index in [1.807, 2.05) is 30.3 Å². The summed E-state index contributed by atoms with van der Waals surface area (Å²) in [6, 6.07) is 19.8. The van der Waals surface area contributed by atoms with Gasteiger partial charge in [0.05, 0.1) is 20.4 Å². The average molecular weight is 455 g/mol. The molecule has 0 bridgehead atoms. The minimum absolute atomic E-state index is 0.229. The van der Waals surface area contributed by atoms with Gasteiger partial charge in [0.25, 0.3) is 5.91 Å². The van der Waals surface area contributed by atoms with Crippen molar-refractivity contribution in [1.29, 1.82) is 0 Å². The Bertz CT molecular complexity index is 1070. The molecule has 0 unspecified atom stereocenters. The zero-order chi connectivity index (χ0) is 22.8. The molecular formula is C24H23ClN2O5. The lowest BCUT2D eigenvalue weighted by atomic mass is 10.2. The third kappa shape index (κ3) is 6.92. The topological polar surface area (TPSA) is 78.4 Å². The number of anilines is 1. The molecule has 0 saturated carbocycles. The number of nitrogens with one attached hydrogen (secondary N) is 1. The van der Waals surface area contributed by atoms with E-state index >= 15 is 0 Å². The van der Waals surface area contributed by atoms with Crippen molar-refractivity contribution < 1.29 is 23.8 Å². The van der Waals surface area contributed by atoms with Crippen LogP contribution in [0.1, 0.15) is 11.1 Å². The molecule has 0 aliphatic carbocycles. The molecule has 8 heteroatoms. The Kier molecular flexibility index (Phi) is 8.34. The van der Waals surface area contributed by atoms with Crippen LogP contribution in [0.25, 0.3) is 0 Å². The summed E-state index contributed by atoms with van der Waals surface area (Å²) in [5.41, 5.74) is 2.33. The maximum Gasteiger partial charge on any atom is 0.265 e.